The van der Waals surface area contributed by atoms with Gasteiger partial charge in [-0.25, -0.2) is 0 Å². The number of carbonyl (C=O) groups is 2. The van der Waals surface area contributed by atoms with Crippen molar-refractivity contribution in [2.45, 2.75) is 59.3 Å². The molecule has 0 unspecified atom stereocenters. The zero-order valence-corrected chi connectivity index (χ0v) is 18.2. The van der Waals surface area contributed by atoms with Gasteiger partial charge in [0, 0.05) is 41.3 Å². The molecule has 5 nitrogen and oxygen atoms in total. The van der Waals surface area contributed by atoms with Crippen LogP contribution < -0.4 is 14.8 Å². The smallest absolute Gasteiger partial charge is 0.162 e. The first kappa shape index (κ1) is 19.4. The molecule has 0 amide bonds. The van der Waals surface area contributed by atoms with Gasteiger partial charge in [0.1, 0.15) is 13.2 Å². The summed E-state index contributed by atoms with van der Waals surface area (Å²) in [6.07, 6.45) is 2.61. The largest absolute Gasteiger partial charge is 0.486 e. The Morgan fingerprint density at radius 2 is 1.33 bits per heavy atom. The van der Waals surface area contributed by atoms with E-state index in [9.17, 15) is 9.59 Å². The molecule has 2 aliphatic carbocycles. The minimum absolute atomic E-state index is 0.0907. The fourth-order valence-corrected chi connectivity index (χ4v) is 5.46. The van der Waals surface area contributed by atoms with Crippen LogP contribution >= 0.6 is 0 Å². The summed E-state index contributed by atoms with van der Waals surface area (Å²) in [5.74, 6) is 1.35. The van der Waals surface area contributed by atoms with Crippen molar-refractivity contribution in [1.29, 1.82) is 0 Å². The molecule has 5 rings (SSSR count). The Kier molecular flexibility index (Phi) is 4.18. The van der Waals surface area contributed by atoms with Crippen LogP contribution in [0.5, 0.6) is 11.5 Å². The molecule has 0 radical (unpaired) electrons. The van der Waals surface area contributed by atoms with Gasteiger partial charge in [0.25, 0.3) is 0 Å². The average Bonchev–Trinajstić information content (AvgIpc) is 2.64. The van der Waals surface area contributed by atoms with Gasteiger partial charge in [-0.05, 0) is 41.4 Å². The molecule has 0 bridgehead atoms. The van der Waals surface area contributed by atoms with Crippen LogP contribution in [0, 0.1) is 10.8 Å². The number of nitrogens with one attached hydrogen (secondary N) is 1. The third-order valence-electron chi connectivity index (χ3n) is 6.62. The van der Waals surface area contributed by atoms with Gasteiger partial charge in [-0.15, -0.1) is 0 Å². The lowest BCUT2D eigenvalue weighted by atomic mass is 9.64. The van der Waals surface area contributed by atoms with Crippen LogP contribution in [0.2, 0.25) is 0 Å². The van der Waals surface area contributed by atoms with E-state index >= 15 is 0 Å². The first-order chi connectivity index (χ1) is 14.1. The molecule has 0 spiro atoms. The summed E-state index contributed by atoms with van der Waals surface area (Å²) in [7, 11) is 0. The van der Waals surface area contributed by atoms with Gasteiger partial charge in [0.15, 0.2) is 23.1 Å². The third kappa shape index (κ3) is 3.15. The fraction of sp³-hybridized carbons (Fsp3) is 0.520. The molecule has 0 fully saturated rings. The standard InChI is InChI=1S/C25H29NO4/c1-24(2)10-15-22(17(27)12-24)21(14-5-6-19-20(9-14)30-8-7-29-19)23-16(26-15)11-25(3,4)13-18(23)28/h5-6,9,21,26H,7-8,10-13H2,1-4H3. The van der Waals surface area contributed by atoms with E-state index in [0.29, 0.717) is 31.8 Å². The topological polar surface area (TPSA) is 64.6 Å². The summed E-state index contributed by atoms with van der Waals surface area (Å²) in [5.41, 5.74) is 4.25. The third-order valence-corrected chi connectivity index (χ3v) is 6.62. The van der Waals surface area contributed by atoms with Gasteiger partial charge in [0.05, 0.1) is 0 Å². The van der Waals surface area contributed by atoms with Crippen LogP contribution in [0.3, 0.4) is 0 Å². The average molecular weight is 408 g/mol. The number of ether oxygens (including phenoxy) is 2. The predicted molar refractivity (Wildman–Crippen MR) is 113 cm³/mol. The number of fused-ring (bicyclic) bond motifs is 1. The van der Waals surface area contributed by atoms with E-state index in [1.54, 1.807) is 0 Å². The molecular formula is C25H29NO4. The lowest BCUT2D eigenvalue weighted by Crippen LogP contribution is -2.42. The van der Waals surface area contributed by atoms with Gasteiger partial charge in [-0.1, -0.05) is 33.8 Å². The number of dihydropyridines is 1. The van der Waals surface area contributed by atoms with Crippen molar-refractivity contribution in [2.24, 2.45) is 10.8 Å². The van der Waals surface area contributed by atoms with E-state index in [-0.39, 0.29) is 28.3 Å². The number of carbonyl (C=O) groups excluding carboxylic acids is 2. The van der Waals surface area contributed by atoms with Crippen molar-refractivity contribution < 1.29 is 19.1 Å². The maximum absolute atomic E-state index is 13.3. The molecule has 158 valence electrons. The molecule has 30 heavy (non-hydrogen) atoms. The van der Waals surface area contributed by atoms with Crippen molar-refractivity contribution in [1.82, 2.24) is 5.32 Å². The Bertz CT molecular complexity index is 976. The van der Waals surface area contributed by atoms with E-state index < -0.39 is 0 Å². The summed E-state index contributed by atoms with van der Waals surface area (Å²) in [5, 5.41) is 3.55. The van der Waals surface area contributed by atoms with Crippen LogP contribution in [0.15, 0.2) is 40.7 Å². The molecule has 1 aromatic rings. The Hall–Kier alpha value is -2.56. The van der Waals surface area contributed by atoms with E-state index in [1.807, 2.05) is 18.2 Å². The number of benzene rings is 1. The van der Waals surface area contributed by atoms with Gasteiger partial charge in [-0.3, -0.25) is 9.59 Å². The Labute approximate surface area is 177 Å². The second kappa shape index (κ2) is 6.47. The van der Waals surface area contributed by atoms with Crippen LogP contribution in [-0.2, 0) is 9.59 Å². The maximum atomic E-state index is 13.3. The summed E-state index contributed by atoms with van der Waals surface area (Å²) < 4.78 is 11.5. The number of hydrogen-bond donors (Lipinski definition) is 1. The summed E-state index contributed by atoms with van der Waals surface area (Å²) >= 11 is 0. The molecule has 2 heterocycles. The second-order valence-corrected chi connectivity index (χ2v) is 10.6. The highest BCUT2D eigenvalue weighted by atomic mass is 16.6. The summed E-state index contributed by atoms with van der Waals surface area (Å²) in [4.78, 5) is 26.7. The van der Waals surface area contributed by atoms with E-state index in [2.05, 4.69) is 33.0 Å². The van der Waals surface area contributed by atoms with Gasteiger partial charge in [-0.2, -0.15) is 0 Å². The summed E-state index contributed by atoms with van der Waals surface area (Å²) in [6, 6.07) is 5.85. The first-order valence-electron chi connectivity index (χ1n) is 10.8. The molecule has 1 N–H and O–H groups in total. The Morgan fingerprint density at radius 3 is 1.90 bits per heavy atom. The Morgan fingerprint density at radius 1 is 0.800 bits per heavy atom. The molecule has 2 aliphatic heterocycles. The van der Waals surface area contributed by atoms with Crippen molar-refractivity contribution in [3.05, 3.63) is 46.3 Å². The molecule has 0 saturated heterocycles. The van der Waals surface area contributed by atoms with Crippen LogP contribution in [0.1, 0.15) is 64.9 Å². The zero-order chi connectivity index (χ0) is 21.3. The number of rotatable bonds is 1. The maximum Gasteiger partial charge on any atom is 0.162 e. The van der Waals surface area contributed by atoms with E-state index in [1.165, 1.54) is 0 Å². The highest BCUT2D eigenvalue weighted by molar-refractivity contribution is 6.06. The quantitative estimate of drug-likeness (QED) is 0.746. The molecule has 0 saturated carbocycles. The molecule has 5 heteroatoms. The molecule has 0 atom stereocenters. The van der Waals surface area contributed by atoms with Gasteiger partial charge in [0.2, 0.25) is 0 Å². The SMILES string of the molecule is CC1(C)CC(=O)C2=C(C1)NC1=C(C(=O)CC(C)(C)C1)C2c1ccc2c(c1)OCCO2. The lowest BCUT2D eigenvalue weighted by molar-refractivity contribution is -0.119. The second-order valence-electron chi connectivity index (χ2n) is 10.6. The monoisotopic (exact) mass is 407 g/mol. The number of hydrogen-bond acceptors (Lipinski definition) is 5. The van der Waals surface area contributed by atoms with Crippen LogP contribution in [0.25, 0.3) is 0 Å². The van der Waals surface area contributed by atoms with Crippen molar-refractivity contribution in [3.8, 4) is 11.5 Å². The molecule has 1 aromatic carbocycles. The normalized spacial score (nSPS) is 24.9. The molecule has 4 aliphatic rings. The predicted octanol–water partition coefficient (Wildman–Crippen LogP) is 4.43. The lowest BCUT2D eigenvalue weighted by Gasteiger charge is -2.44. The molecular weight excluding hydrogens is 378 g/mol. The van der Waals surface area contributed by atoms with Crippen LogP contribution in [-0.4, -0.2) is 24.8 Å². The zero-order valence-electron chi connectivity index (χ0n) is 18.2. The number of ketones is 2. The highest BCUT2D eigenvalue weighted by Crippen LogP contribution is 2.51. The van der Waals surface area contributed by atoms with Crippen molar-refractivity contribution in [3.63, 3.8) is 0 Å². The number of allylic oxidation sites excluding steroid dienone is 4. The minimum Gasteiger partial charge on any atom is -0.486 e. The minimum atomic E-state index is -0.334. The summed E-state index contributed by atoms with van der Waals surface area (Å²) in [6.45, 7) is 9.57. The van der Waals surface area contributed by atoms with Crippen LogP contribution in [0.4, 0.5) is 0 Å². The van der Waals surface area contributed by atoms with E-state index in [4.69, 9.17) is 9.47 Å². The fourth-order valence-electron chi connectivity index (χ4n) is 5.46. The highest BCUT2D eigenvalue weighted by Gasteiger charge is 2.46. The van der Waals surface area contributed by atoms with Gasteiger partial charge >= 0.3 is 0 Å². The van der Waals surface area contributed by atoms with Gasteiger partial charge < -0.3 is 14.8 Å². The Balaban J connectivity index is 1.68. The van der Waals surface area contributed by atoms with Crippen molar-refractivity contribution >= 4 is 11.6 Å². The molecule has 0 aromatic heterocycles. The number of Topliss-reactive ketones (excluding diaryl/α,β-unsaturated/α-hetero) is 2. The van der Waals surface area contributed by atoms with Crippen molar-refractivity contribution in [2.75, 3.05) is 13.2 Å². The van der Waals surface area contributed by atoms with E-state index in [0.717, 1.165) is 46.7 Å². The first-order valence-corrected chi connectivity index (χ1v) is 10.8.